The number of nitro benzene ring substituents is 1. The predicted molar refractivity (Wildman–Crippen MR) is 97.9 cm³/mol. The molecule has 2 aromatic carbocycles. The van der Waals surface area contributed by atoms with E-state index in [-0.39, 0.29) is 10.6 Å². The van der Waals surface area contributed by atoms with E-state index in [9.17, 15) is 18.5 Å². The van der Waals surface area contributed by atoms with Crippen LogP contribution >= 0.6 is 0 Å². The highest BCUT2D eigenvalue weighted by Crippen LogP contribution is 2.32. The minimum atomic E-state index is -3.53. The number of hydrogen-bond acceptors (Lipinski definition) is 7. The summed E-state index contributed by atoms with van der Waals surface area (Å²) < 4.78 is 33.8. The van der Waals surface area contributed by atoms with Gasteiger partial charge in [0.05, 0.1) is 24.0 Å². The molecule has 2 rings (SSSR count). The third-order valence-corrected chi connectivity index (χ3v) is 4.96. The van der Waals surface area contributed by atoms with Gasteiger partial charge in [-0.05, 0) is 29.8 Å². The van der Waals surface area contributed by atoms with Crippen LogP contribution in [0.2, 0.25) is 0 Å². The number of sulfone groups is 1. The highest BCUT2D eigenvalue weighted by atomic mass is 32.2. The van der Waals surface area contributed by atoms with Crippen molar-refractivity contribution in [3.8, 4) is 11.5 Å². The van der Waals surface area contributed by atoms with E-state index in [1.807, 2.05) is 6.07 Å². The molecule has 0 saturated carbocycles. The Morgan fingerprint density at radius 2 is 1.73 bits per heavy atom. The van der Waals surface area contributed by atoms with E-state index in [0.29, 0.717) is 23.7 Å². The van der Waals surface area contributed by atoms with E-state index in [1.165, 1.54) is 26.4 Å². The van der Waals surface area contributed by atoms with Gasteiger partial charge in [-0.3, -0.25) is 10.1 Å². The van der Waals surface area contributed by atoms with E-state index >= 15 is 0 Å². The number of anilines is 1. The van der Waals surface area contributed by atoms with Gasteiger partial charge in [0.25, 0.3) is 5.69 Å². The Morgan fingerprint density at radius 3 is 2.27 bits per heavy atom. The van der Waals surface area contributed by atoms with Crippen LogP contribution in [0.25, 0.3) is 0 Å². The first-order valence-corrected chi connectivity index (χ1v) is 9.47. The molecule has 0 saturated heterocycles. The standard InChI is InChI=1S/C17H20N2O6S/c1-18(11-12-5-8-16(24-2)17(9-12)25-3)14-7-6-13(26(4,22)23)10-15(14)19(20)21/h5-10H,11H2,1-4H3. The number of benzene rings is 2. The zero-order chi connectivity index (χ0) is 19.5. The van der Waals surface area contributed by atoms with Crippen LogP contribution in [0.1, 0.15) is 5.56 Å². The summed E-state index contributed by atoms with van der Waals surface area (Å²) in [7, 11) is 1.23. The quantitative estimate of drug-likeness (QED) is 0.538. The van der Waals surface area contributed by atoms with Gasteiger partial charge in [-0.25, -0.2) is 8.42 Å². The summed E-state index contributed by atoms with van der Waals surface area (Å²) >= 11 is 0. The average molecular weight is 380 g/mol. The molecule has 0 fully saturated rings. The Morgan fingerprint density at radius 1 is 1.08 bits per heavy atom. The van der Waals surface area contributed by atoms with Crippen molar-refractivity contribution >= 4 is 21.2 Å². The van der Waals surface area contributed by atoms with Crippen molar-refractivity contribution < 1.29 is 22.8 Å². The smallest absolute Gasteiger partial charge is 0.293 e. The largest absolute Gasteiger partial charge is 0.493 e. The Hall–Kier alpha value is -2.81. The van der Waals surface area contributed by atoms with E-state index in [2.05, 4.69) is 0 Å². The summed E-state index contributed by atoms with van der Waals surface area (Å²) in [5.41, 5.74) is 0.903. The maximum atomic E-state index is 11.6. The van der Waals surface area contributed by atoms with Crippen molar-refractivity contribution in [3.63, 3.8) is 0 Å². The van der Waals surface area contributed by atoms with Crippen molar-refractivity contribution in [3.05, 3.63) is 52.1 Å². The molecule has 26 heavy (non-hydrogen) atoms. The number of nitro groups is 1. The Labute approximate surface area is 152 Å². The fourth-order valence-electron chi connectivity index (χ4n) is 2.54. The molecule has 0 radical (unpaired) electrons. The predicted octanol–water partition coefficient (Wildman–Crippen LogP) is 2.65. The highest BCUT2D eigenvalue weighted by Gasteiger charge is 2.21. The molecule has 0 heterocycles. The molecule has 0 aromatic heterocycles. The number of hydrogen-bond donors (Lipinski definition) is 0. The van der Waals surface area contributed by atoms with Gasteiger partial charge in [-0.1, -0.05) is 6.07 Å². The lowest BCUT2D eigenvalue weighted by Gasteiger charge is -2.20. The van der Waals surface area contributed by atoms with Crippen molar-refractivity contribution in [1.82, 2.24) is 0 Å². The third-order valence-electron chi connectivity index (χ3n) is 3.85. The number of nitrogens with zero attached hydrogens (tertiary/aromatic N) is 2. The second-order valence-corrected chi connectivity index (χ2v) is 7.74. The molecule has 140 valence electrons. The minimum Gasteiger partial charge on any atom is -0.493 e. The molecule has 9 heteroatoms. The first kappa shape index (κ1) is 19.5. The van der Waals surface area contributed by atoms with Gasteiger partial charge in [0.15, 0.2) is 21.3 Å². The average Bonchev–Trinajstić information content (AvgIpc) is 2.60. The molecule has 0 aliphatic rings. The molecule has 0 amide bonds. The Bertz CT molecular complexity index is 927. The topological polar surface area (TPSA) is 99.0 Å². The van der Waals surface area contributed by atoms with Crippen LogP contribution in [0.3, 0.4) is 0 Å². The van der Waals surface area contributed by atoms with Crippen LogP contribution in [0.4, 0.5) is 11.4 Å². The first-order chi connectivity index (χ1) is 12.2. The van der Waals surface area contributed by atoms with Crippen molar-refractivity contribution in [2.24, 2.45) is 0 Å². The zero-order valence-corrected chi connectivity index (χ0v) is 15.7. The second-order valence-electron chi connectivity index (χ2n) is 5.73. The van der Waals surface area contributed by atoms with Crippen LogP contribution in [-0.4, -0.2) is 40.9 Å². The molecule has 0 aliphatic carbocycles. The summed E-state index contributed by atoms with van der Waals surface area (Å²) in [6.07, 6.45) is 1.01. The molecule has 8 nitrogen and oxygen atoms in total. The maximum Gasteiger partial charge on any atom is 0.293 e. The van der Waals surface area contributed by atoms with Gasteiger partial charge in [-0.15, -0.1) is 0 Å². The lowest BCUT2D eigenvalue weighted by molar-refractivity contribution is -0.384. The lowest BCUT2D eigenvalue weighted by Crippen LogP contribution is -2.18. The van der Waals surface area contributed by atoms with E-state index in [4.69, 9.17) is 9.47 Å². The Kier molecular flexibility index (Phi) is 5.71. The summed E-state index contributed by atoms with van der Waals surface area (Å²) in [6.45, 7) is 0.361. The summed E-state index contributed by atoms with van der Waals surface area (Å²) in [5.74, 6) is 1.14. The molecule has 0 bridgehead atoms. The van der Waals surface area contributed by atoms with E-state index in [0.717, 1.165) is 17.9 Å². The van der Waals surface area contributed by atoms with Gasteiger partial charge in [0.2, 0.25) is 0 Å². The summed E-state index contributed by atoms with van der Waals surface area (Å²) in [6, 6.07) is 9.25. The number of rotatable bonds is 7. The molecular formula is C17H20N2O6S. The molecule has 0 spiro atoms. The van der Waals surface area contributed by atoms with Gasteiger partial charge in [-0.2, -0.15) is 0 Å². The molecule has 0 N–H and O–H groups in total. The first-order valence-electron chi connectivity index (χ1n) is 7.58. The van der Waals surface area contributed by atoms with Crippen molar-refractivity contribution in [2.45, 2.75) is 11.4 Å². The van der Waals surface area contributed by atoms with Crippen LogP contribution in [-0.2, 0) is 16.4 Å². The van der Waals surface area contributed by atoms with Crippen molar-refractivity contribution in [1.29, 1.82) is 0 Å². The summed E-state index contributed by atoms with van der Waals surface area (Å²) in [4.78, 5) is 12.4. The highest BCUT2D eigenvalue weighted by molar-refractivity contribution is 7.90. The van der Waals surface area contributed by atoms with Crippen LogP contribution in [0.15, 0.2) is 41.3 Å². The fraction of sp³-hybridized carbons (Fsp3) is 0.294. The molecule has 0 atom stereocenters. The van der Waals surface area contributed by atoms with Gasteiger partial charge >= 0.3 is 0 Å². The SMILES string of the molecule is COc1ccc(CN(C)c2ccc(S(C)(=O)=O)cc2[N+](=O)[O-])cc1OC. The monoisotopic (exact) mass is 380 g/mol. The van der Waals surface area contributed by atoms with Gasteiger partial charge in [0, 0.05) is 25.9 Å². The second kappa shape index (κ2) is 7.61. The van der Waals surface area contributed by atoms with Gasteiger partial charge < -0.3 is 14.4 Å². The van der Waals surface area contributed by atoms with Crippen LogP contribution < -0.4 is 14.4 Å². The van der Waals surface area contributed by atoms with E-state index < -0.39 is 14.8 Å². The van der Waals surface area contributed by atoms with Crippen LogP contribution in [0.5, 0.6) is 11.5 Å². The maximum absolute atomic E-state index is 11.6. The Balaban J connectivity index is 2.38. The fourth-order valence-corrected chi connectivity index (χ4v) is 3.18. The lowest BCUT2D eigenvalue weighted by atomic mass is 10.1. The molecule has 2 aromatic rings. The van der Waals surface area contributed by atoms with Crippen molar-refractivity contribution in [2.75, 3.05) is 32.4 Å². The van der Waals surface area contributed by atoms with E-state index in [1.54, 1.807) is 24.1 Å². The van der Waals surface area contributed by atoms with Crippen LogP contribution in [0, 0.1) is 10.1 Å². The third kappa shape index (κ3) is 4.23. The molecule has 0 aliphatic heterocycles. The minimum absolute atomic E-state index is 0.0903. The normalized spacial score (nSPS) is 11.1. The number of methoxy groups -OCH3 is 2. The summed E-state index contributed by atoms with van der Waals surface area (Å²) in [5, 5.41) is 11.4. The zero-order valence-electron chi connectivity index (χ0n) is 14.9. The molecular weight excluding hydrogens is 360 g/mol. The van der Waals surface area contributed by atoms with Gasteiger partial charge in [0.1, 0.15) is 5.69 Å². The molecule has 0 unspecified atom stereocenters. The number of ether oxygens (including phenoxy) is 2.